The van der Waals surface area contributed by atoms with Crippen LogP contribution in [0.5, 0.6) is 0 Å². The van der Waals surface area contributed by atoms with Crippen molar-refractivity contribution >= 4 is 29.1 Å². The Morgan fingerprint density at radius 1 is 1.00 bits per heavy atom. The van der Waals surface area contributed by atoms with Gasteiger partial charge in [-0.1, -0.05) is 61.2 Å². The summed E-state index contributed by atoms with van der Waals surface area (Å²) in [5.74, 6) is -0.248. The van der Waals surface area contributed by atoms with E-state index >= 15 is 0 Å². The first-order chi connectivity index (χ1) is 14.1. The molecular weight excluding hydrogens is 386 g/mol. The summed E-state index contributed by atoms with van der Waals surface area (Å²) in [6.45, 7) is 0.723. The van der Waals surface area contributed by atoms with E-state index in [9.17, 15) is 9.59 Å². The first-order valence-electron chi connectivity index (χ1n) is 10.3. The van der Waals surface area contributed by atoms with Gasteiger partial charge in [0.15, 0.2) is 0 Å². The molecule has 3 rings (SSSR count). The highest BCUT2D eigenvalue weighted by Crippen LogP contribution is 2.22. The molecule has 154 valence electrons. The maximum absolute atomic E-state index is 12.6. The second-order valence-corrected chi connectivity index (χ2v) is 7.85. The number of halogens is 1. The largest absolute Gasteiger partial charge is 0.376 e. The molecule has 1 saturated carbocycles. The van der Waals surface area contributed by atoms with E-state index in [1.807, 2.05) is 30.3 Å². The maximum atomic E-state index is 12.6. The number of hydrogen-bond acceptors (Lipinski definition) is 3. The van der Waals surface area contributed by atoms with E-state index in [2.05, 4.69) is 16.0 Å². The summed E-state index contributed by atoms with van der Waals surface area (Å²) in [6, 6.07) is 15.4. The predicted octanol–water partition coefficient (Wildman–Crippen LogP) is 4.17. The Bertz CT molecular complexity index is 820. The van der Waals surface area contributed by atoms with Crippen LogP contribution in [0, 0.1) is 0 Å². The second kappa shape index (κ2) is 10.9. The molecule has 1 fully saturated rings. The van der Waals surface area contributed by atoms with Gasteiger partial charge in [-0.2, -0.15) is 0 Å². The van der Waals surface area contributed by atoms with Gasteiger partial charge in [-0.05, 0) is 43.0 Å². The number of benzene rings is 2. The number of carbonyl (C=O) groups is 2. The van der Waals surface area contributed by atoms with Gasteiger partial charge in [0.05, 0.1) is 17.1 Å². The number of amides is 2. The molecule has 0 radical (unpaired) electrons. The number of nitrogens with one attached hydrogen (secondary N) is 3. The van der Waals surface area contributed by atoms with Crippen LogP contribution >= 0.6 is 11.6 Å². The molecular formula is C23H28ClN3O2. The fourth-order valence-electron chi connectivity index (χ4n) is 3.56. The summed E-state index contributed by atoms with van der Waals surface area (Å²) < 4.78 is 0. The Kier molecular flexibility index (Phi) is 7.94. The smallest absolute Gasteiger partial charge is 0.253 e. The van der Waals surface area contributed by atoms with Crippen LogP contribution in [0.3, 0.4) is 0 Å². The Hall–Kier alpha value is -2.53. The minimum absolute atomic E-state index is 0.0934. The van der Waals surface area contributed by atoms with Crippen LogP contribution in [0.2, 0.25) is 5.02 Å². The van der Waals surface area contributed by atoms with Gasteiger partial charge in [0.2, 0.25) is 5.91 Å². The Labute approximate surface area is 177 Å². The molecule has 3 N–H and O–H groups in total. The van der Waals surface area contributed by atoms with E-state index < -0.39 is 0 Å². The van der Waals surface area contributed by atoms with Crippen molar-refractivity contribution in [1.82, 2.24) is 10.6 Å². The third-order valence-corrected chi connectivity index (χ3v) is 5.51. The van der Waals surface area contributed by atoms with Crippen LogP contribution in [0.25, 0.3) is 0 Å². The van der Waals surface area contributed by atoms with Crippen molar-refractivity contribution in [1.29, 1.82) is 0 Å². The quantitative estimate of drug-likeness (QED) is 0.608. The van der Waals surface area contributed by atoms with E-state index in [1.165, 1.54) is 12.0 Å². The molecule has 29 heavy (non-hydrogen) atoms. The molecule has 0 unspecified atom stereocenters. The highest BCUT2D eigenvalue weighted by molar-refractivity contribution is 6.34. The number of anilines is 1. The summed E-state index contributed by atoms with van der Waals surface area (Å²) >= 11 is 6.23. The lowest BCUT2D eigenvalue weighted by Gasteiger charge is -2.23. The zero-order chi connectivity index (χ0) is 20.5. The molecule has 0 heterocycles. The van der Waals surface area contributed by atoms with Crippen molar-refractivity contribution in [2.24, 2.45) is 0 Å². The maximum Gasteiger partial charge on any atom is 0.253 e. The highest BCUT2D eigenvalue weighted by Gasteiger charge is 2.18. The predicted molar refractivity (Wildman–Crippen MR) is 117 cm³/mol. The molecule has 1 aliphatic rings. The fraction of sp³-hybridized carbons (Fsp3) is 0.391. The van der Waals surface area contributed by atoms with Crippen molar-refractivity contribution in [3.05, 3.63) is 64.7 Å². The average Bonchev–Trinajstić information content (AvgIpc) is 2.74. The monoisotopic (exact) mass is 413 g/mol. The lowest BCUT2D eigenvalue weighted by atomic mass is 9.95. The van der Waals surface area contributed by atoms with E-state index in [0.717, 1.165) is 32.1 Å². The zero-order valence-electron chi connectivity index (χ0n) is 16.5. The van der Waals surface area contributed by atoms with Gasteiger partial charge >= 0.3 is 0 Å². The van der Waals surface area contributed by atoms with Gasteiger partial charge in [0, 0.05) is 18.3 Å². The van der Waals surface area contributed by atoms with Crippen LogP contribution in [-0.4, -0.2) is 30.9 Å². The van der Waals surface area contributed by atoms with Gasteiger partial charge in [-0.25, -0.2) is 0 Å². The molecule has 2 aromatic rings. The Morgan fingerprint density at radius 3 is 2.52 bits per heavy atom. The molecule has 2 aromatic carbocycles. The minimum Gasteiger partial charge on any atom is -0.376 e. The molecule has 0 aliphatic heterocycles. The molecule has 5 nitrogen and oxygen atoms in total. The lowest BCUT2D eigenvalue weighted by Crippen LogP contribution is -2.36. The molecule has 2 amide bonds. The Morgan fingerprint density at radius 2 is 1.76 bits per heavy atom. The van der Waals surface area contributed by atoms with Gasteiger partial charge in [0.1, 0.15) is 0 Å². The second-order valence-electron chi connectivity index (χ2n) is 7.44. The first kappa shape index (κ1) is 21.2. The van der Waals surface area contributed by atoms with Crippen molar-refractivity contribution in [2.45, 2.75) is 44.6 Å². The molecule has 0 aromatic heterocycles. The van der Waals surface area contributed by atoms with Crippen LogP contribution in [0.1, 0.15) is 48.0 Å². The number of carbonyl (C=O) groups excluding carboxylic acids is 2. The standard InChI is InChI=1S/C23H28ClN3O2/c24-21-12-11-19(15-20(21)23(29)27-18-9-5-2-6-10-18)26-16-22(28)25-14-13-17-7-3-1-4-8-17/h1,3-4,7-8,11-12,15,18,26H,2,5-6,9-10,13-14,16H2,(H,25,28)(H,27,29). The van der Waals surface area contributed by atoms with Gasteiger partial charge in [-0.3, -0.25) is 9.59 Å². The van der Waals surface area contributed by atoms with E-state index in [-0.39, 0.29) is 24.4 Å². The summed E-state index contributed by atoms with van der Waals surface area (Å²) in [7, 11) is 0. The fourth-order valence-corrected chi connectivity index (χ4v) is 3.76. The van der Waals surface area contributed by atoms with Crippen LogP contribution < -0.4 is 16.0 Å². The zero-order valence-corrected chi connectivity index (χ0v) is 17.3. The summed E-state index contributed by atoms with van der Waals surface area (Å²) in [4.78, 5) is 24.7. The average molecular weight is 414 g/mol. The number of rotatable bonds is 8. The van der Waals surface area contributed by atoms with Crippen LogP contribution in [0.4, 0.5) is 5.69 Å². The topological polar surface area (TPSA) is 70.2 Å². The van der Waals surface area contributed by atoms with E-state index in [4.69, 9.17) is 11.6 Å². The van der Waals surface area contributed by atoms with Crippen molar-refractivity contribution in [3.8, 4) is 0 Å². The van der Waals surface area contributed by atoms with Crippen molar-refractivity contribution in [2.75, 3.05) is 18.4 Å². The minimum atomic E-state index is -0.155. The summed E-state index contributed by atoms with van der Waals surface area (Å²) in [6.07, 6.45) is 6.37. The third-order valence-electron chi connectivity index (χ3n) is 5.18. The van der Waals surface area contributed by atoms with Crippen molar-refractivity contribution < 1.29 is 9.59 Å². The van der Waals surface area contributed by atoms with E-state index in [0.29, 0.717) is 22.8 Å². The third kappa shape index (κ3) is 6.79. The molecule has 0 spiro atoms. The Balaban J connectivity index is 1.47. The summed E-state index contributed by atoms with van der Waals surface area (Å²) in [5.41, 5.74) is 2.32. The first-order valence-corrected chi connectivity index (χ1v) is 10.6. The molecule has 0 bridgehead atoms. The van der Waals surface area contributed by atoms with Crippen LogP contribution in [-0.2, 0) is 11.2 Å². The van der Waals surface area contributed by atoms with E-state index in [1.54, 1.807) is 18.2 Å². The SMILES string of the molecule is O=C(CNc1ccc(Cl)c(C(=O)NC2CCCCC2)c1)NCCc1ccccc1. The highest BCUT2D eigenvalue weighted by atomic mass is 35.5. The molecule has 0 saturated heterocycles. The normalized spacial score (nSPS) is 14.2. The van der Waals surface area contributed by atoms with Crippen molar-refractivity contribution in [3.63, 3.8) is 0 Å². The molecule has 1 aliphatic carbocycles. The lowest BCUT2D eigenvalue weighted by molar-refractivity contribution is -0.119. The van der Waals surface area contributed by atoms with Gasteiger partial charge in [0.25, 0.3) is 5.91 Å². The van der Waals surface area contributed by atoms with Crippen LogP contribution in [0.15, 0.2) is 48.5 Å². The number of hydrogen-bond donors (Lipinski definition) is 3. The molecule has 6 heteroatoms. The summed E-state index contributed by atoms with van der Waals surface area (Å²) in [5, 5.41) is 9.46. The van der Waals surface area contributed by atoms with Gasteiger partial charge < -0.3 is 16.0 Å². The van der Waals surface area contributed by atoms with Gasteiger partial charge in [-0.15, -0.1) is 0 Å². The molecule has 0 atom stereocenters.